The number of nitrogens with two attached hydrogens (primary N) is 1. The van der Waals surface area contributed by atoms with Gasteiger partial charge < -0.3 is 16.4 Å². The van der Waals surface area contributed by atoms with Gasteiger partial charge in [-0.2, -0.15) is 5.26 Å². The Bertz CT molecular complexity index is 639. The Morgan fingerprint density at radius 1 is 1.08 bits per heavy atom. The van der Waals surface area contributed by atoms with Gasteiger partial charge in [0.1, 0.15) is 6.04 Å². The first-order valence-electron chi connectivity index (χ1n) is 8.15. The molecule has 1 aromatic rings. The van der Waals surface area contributed by atoms with E-state index in [0.29, 0.717) is 0 Å². The van der Waals surface area contributed by atoms with Crippen molar-refractivity contribution in [3.05, 3.63) is 35.9 Å². The van der Waals surface area contributed by atoms with Crippen LogP contribution in [0.3, 0.4) is 0 Å². The zero-order valence-electron chi connectivity index (χ0n) is 14.5. The highest BCUT2D eigenvalue weighted by atomic mass is 16.2. The Kier molecular flexibility index (Phi) is 8.13. The summed E-state index contributed by atoms with van der Waals surface area (Å²) in [4.78, 5) is 35.3. The van der Waals surface area contributed by atoms with Gasteiger partial charge in [-0.1, -0.05) is 37.3 Å². The Labute approximate surface area is 147 Å². The summed E-state index contributed by atoms with van der Waals surface area (Å²) in [6.45, 7) is 3.52. The van der Waals surface area contributed by atoms with E-state index in [9.17, 15) is 14.4 Å². The van der Waals surface area contributed by atoms with Crippen LogP contribution >= 0.6 is 0 Å². The first kappa shape index (κ1) is 20.2. The van der Waals surface area contributed by atoms with Gasteiger partial charge in [-0.05, 0) is 18.4 Å². The lowest BCUT2D eigenvalue weighted by Crippen LogP contribution is -2.48. The molecule has 0 aliphatic rings. The van der Waals surface area contributed by atoms with Crippen molar-refractivity contribution in [3.63, 3.8) is 0 Å². The van der Waals surface area contributed by atoms with Crippen molar-refractivity contribution >= 4 is 17.7 Å². The van der Waals surface area contributed by atoms with Gasteiger partial charge in [0.25, 0.3) is 0 Å². The van der Waals surface area contributed by atoms with Crippen molar-refractivity contribution in [2.75, 3.05) is 0 Å². The number of carbonyl (C=O) groups excluding carboxylic acids is 3. The van der Waals surface area contributed by atoms with Gasteiger partial charge in [-0.25, -0.2) is 0 Å². The number of hydrogen-bond acceptors (Lipinski definition) is 4. The van der Waals surface area contributed by atoms with E-state index in [0.717, 1.165) is 5.56 Å². The molecule has 3 amide bonds. The van der Waals surface area contributed by atoms with E-state index in [-0.39, 0.29) is 31.2 Å². The molecule has 3 atom stereocenters. The van der Waals surface area contributed by atoms with Crippen molar-refractivity contribution in [1.82, 2.24) is 10.6 Å². The maximum Gasteiger partial charge on any atom is 0.240 e. The van der Waals surface area contributed by atoms with E-state index in [4.69, 9.17) is 11.0 Å². The molecule has 0 unspecified atom stereocenters. The third-order valence-corrected chi connectivity index (χ3v) is 3.86. The van der Waals surface area contributed by atoms with E-state index in [1.165, 1.54) is 0 Å². The van der Waals surface area contributed by atoms with E-state index in [1.807, 2.05) is 43.3 Å². The SMILES string of the molecule is C[C@H](CC#N)[C@H](NC(=O)CCC(=O)N[C@H](C)c1ccccc1)C(N)=O. The van der Waals surface area contributed by atoms with Crippen LogP contribution in [0.5, 0.6) is 0 Å². The van der Waals surface area contributed by atoms with Crippen LogP contribution in [0.25, 0.3) is 0 Å². The number of nitriles is 1. The normalized spacial score (nSPS) is 13.8. The largest absolute Gasteiger partial charge is 0.368 e. The number of amides is 3. The topological polar surface area (TPSA) is 125 Å². The lowest BCUT2D eigenvalue weighted by molar-refractivity contribution is -0.130. The lowest BCUT2D eigenvalue weighted by Gasteiger charge is -2.20. The molecule has 0 aromatic heterocycles. The molecule has 0 radical (unpaired) electrons. The number of nitrogens with one attached hydrogen (secondary N) is 2. The van der Waals surface area contributed by atoms with E-state index in [1.54, 1.807) is 6.92 Å². The van der Waals surface area contributed by atoms with Crippen molar-refractivity contribution in [1.29, 1.82) is 5.26 Å². The van der Waals surface area contributed by atoms with Crippen molar-refractivity contribution in [3.8, 4) is 6.07 Å². The minimum Gasteiger partial charge on any atom is -0.368 e. The average molecular weight is 344 g/mol. The zero-order chi connectivity index (χ0) is 18.8. The fourth-order valence-electron chi connectivity index (χ4n) is 2.37. The van der Waals surface area contributed by atoms with Gasteiger partial charge in [0.2, 0.25) is 17.7 Å². The summed E-state index contributed by atoms with van der Waals surface area (Å²) in [6, 6.07) is 10.3. The standard InChI is InChI=1S/C18H24N4O3/c1-12(10-11-19)17(18(20)25)22-16(24)9-8-15(23)21-13(2)14-6-4-3-5-7-14/h3-7,12-13,17H,8-10H2,1-2H3,(H2,20,25)(H,21,23)(H,22,24)/t12-,13-,17+/m1/s1. The zero-order valence-corrected chi connectivity index (χ0v) is 14.5. The molecule has 0 bridgehead atoms. The summed E-state index contributed by atoms with van der Waals surface area (Å²) in [5, 5.41) is 14.0. The van der Waals surface area contributed by atoms with Crippen LogP contribution in [-0.2, 0) is 14.4 Å². The van der Waals surface area contributed by atoms with Crippen LogP contribution in [0, 0.1) is 17.2 Å². The van der Waals surface area contributed by atoms with Gasteiger partial charge in [0.05, 0.1) is 12.1 Å². The van der Waals surface area contributed by atoms with Crippen LogP contribution in [0.2, 0.25) is 0 Å². The quantitative estimate of drug-likeness (QED) is 0.621. The molecule has 0 aliphatic heterocycles. The molecule has 0 aliphatic carbocycles. The number of rotatable bonds is 9. The second-order valence-electron chi connectivity index (χ2n) is 5.99. The molecule has 25 heavy (non-hydrogen) atoms. The maximum atomic E-state index is 12.0. The third kappa shape index (κ3) is 7.04. The molecule has 134 valence electrons. The molecule has 7 heteroatoms. The fraction of sp³-hybridized carbons (Fsp3) is 0.444. The molecule has 0 spiro atoms. The number of primary amides is 1. The molecule has 4 N–H and O–H groups in total. The molecule has 0 saturated carbocycles. The highest BCUT2D eigenvalue weighted by Crippen LogP contribution is 2.11. The molecule has 1 rings (SSSR count). The molecule has 7 nitrogen and oxygen atoms in total. The van der Waals surface area contributed by atoms with Crippen LogP contribution < -0.4 is 16.4 Å². The molecule has 0 saturated heterocycles. The molecule has 0 heterocycles. The summed E-state index contributed by atoms with van der Waals surface area (Å²) < 4.78 is 0. The van der Waals surface area contributed by atoms with E-state index in [2.05, 4.69) is 10.6 Å². The minimum atomic E-state index is -0.918. The monoisotopic (exact) mass is 344 g/mol. The number of nitrogens with zero attached hydrogens (tertiary/aromatic N) is 1. The van der Waals surface area contributed by atoms with Crippen molar-refractivity contribution < 1.29 is 14.4 Å². The Balaban J connectivity index is 2.45. The van der Waals surface area contributed by atoms with Gasteiger partial charge in [-0.15, -0.1) is 0 Å². The van der Waals surface area contributed by atoms with E-state index >= 15 is 0 Å². The van der Waals surface area contributed by atoms with Crippen molar-refractivity contribution in [2.45, 2.75) is 45.2 Å². The molecule has 0 fully saturated rings. The predicted octanol–water partition coefficient (Wildman–Crippen LogP) is 1.16. The number of benzene rings is 1. The summed E-state index contributed by atoms with van der Waals surface area (Å²) in [7, 11) is 0. The van der Waals surface area contributed by atoms with Gasteiger partial charge in [0.15, 0.2) is 0 Å². The summed E-state index contributed by atoms with van der Waals surface area (Å²) >= 11 is 0. The van der Waals surface area contributed by atoms with Gasteiger partial charge in [0, 0.05) is 19.3 Å². The van der Waals surface area contributed by atoms with Gasteiger partial charge in [-0.3, -0.25) is 14.4 Å². The third-order valence-electron chi connectivity index (χ3n) is 3.86. The summed E-state index contributed by atoms with van der Waals surface area (Å²) in [6.07, 6.45) is 0.0421. The van der Waals surface area contributed by atoms with Crippen molar-refractivity contribution in [2.24, 2.45) is 11.7 Å². The average Bonchev–Trinajstić information content (AvgIpc) is 2.58. The van der Waals surface area contributed by atoms with Crippen LogP contribution in [0.15, 0.2) is 30.3 Å². The van der Waals surface area contributed by atoms with Crippen LogP contribution in [0.1, 0.15) is 44.7 Å². The fourth-order valence-corrected chi connectivity index (χ4v) is 2.37. The summed E-state index contributed by atoms with van der Waals surface area (Å²) in [5.74, 6) is -1.79. The second-order valence-corrected chi connectivity index (χ2v) is 5.99. The van der Waals surface area contributed by atoms with Crippen LogP contribution in [-0.4, -0.2) is 23.8 Å². The first-order valence-corrected chi connectivity index (χ1v) is 8.15. The number of carbonyl (C=O) groups is 3. The minimum absolute atomic E-state index is 0.00111. The Morgan fingerprint density at radius 3 is 2.16 bits per heavy atom. The Hall–Kier alpha value is -2.88. The van der Waals surface area contributed by atoms with Gasteiger partial charge >= 0.3 is 0 Å². The lowest BCUT2D eigenvalue weighted by atomic mass is 9.98. The highest BCUT2D eigenvalue weighted by Gasteiger charge is 2.24. The van der Waals surface area contributed by atoms with Crippen LogP contribution in [0.4, 0.5) is 0 Å². The molecule has 1 aromatic carbocycles. The molecular weight excluding hydrogens is 320 g/mol. The summed E-state index contributed by atoms with van der Waals surface area (Å²) in [5.41, 5.74) is 6.23. The highest BCUT2D eigenvalue weighted by molar-refractivity contribution is 5.88. The Morgan fingerprint density at radius 2 is 1.64 bits per heavy atom. The first-order chi connectivity index (χ1) is 11.8. The number of hydrogen-bond donors (Lipinski definition) is 3. The smallest absolute Gasteiger partial charge is 0.240 e. The maximum absolute atomic E-state index is 12.0. The second kappa shape index (κ2) is 10.1. The predicted molar refractivity (Wildman–Crippen MR) is 92.8 cm³/mol. The van der Waals surface area contributed by atoms with E-state index < -0.39 is 23.8 Å². The molecular formula is C18H24N4O3.